The van der Waals surface area contributed by atoms with Crippen molar-refractivity contribution in [2.24, 2.45) is 4.99 Å². The van der Waals surface area contributed by atoms with E-state index in [0.717, 1.165) is 38.4 Å². The quantitative estimate of drug-likeness (QED) is 0.319. The van der Waals surface area contributed by atoms with Gasteiger partial charge in [0.25, 0.3) is 5.69 Å². The predicted molar refractivity (Wildman–Crippen MR) is 111 cm³/mol. The Balaban J connectivity index is 1.58. The molecule has 1 saturated heterocycles. The van der Waals surface area contributed by atoms with Crippen molar-refractivity contribution in [3.63, 3.8) is 0 Å². The minimum Gasteiger partial charge on any atom is -0.379 e. The van der Waals surface area contributed by atoms with E-state index in [0.29, 0.717) is 12.5 Å². The highest BCUT2D eigenvalue weighted by Crippen LogP contribution is 2.25. The molecule has 8 nitrogen and oxygen atoms in total. The van der Waals surface area contributed by atoms with E-state index >= 15 is 0 Å². The first-order chi connectivity index (χ1) is 13.7. The van der Waals surface area contributed by atoms with Gasteiger partial charge in [0.2, 0.25) is 0 Å². The van der Waals surface area contributed by atoms with Crippen LogP contribution in [0.15, 0.2) is 46.8 Å². The average molecular weight is 404 g/mol. The summed E-state index contributed by atoms with van der Waals surface area (Å²) in [5, 5.41) is 19.6. The lowest BCUT2D eigenvalue weighted by molar-refractivity contribution is -0.384. The molecular weight excluding hydrogens is 378 g/mol. The van der Waals surface area contributed by atoms with Gasteiger partial charge in [-0.25, -0.2) is 0 Å². The van der Waals surface area contributed by atoms with Crippen molar-refractivity contribution in [2.75, 3.05) is 39.9 Å². The molecule has 1 unspecified atom stereocenters. The normalized spacial score (nSPS) is 16.5. The van der Waals surface area contributed by atoms with Crippen LogP contribution in [0.25, 0.3) is 0 Å². The van der Waals surface area contributed by atoms with E-state index in [1.165, 1.54) is 10.9 Å². The minimum atomic E-state index is -0.384. The molecule has 9 heteroatoms. The Labute approximate surface area is 168 Å². The van der Waals surface area contributed by atoms with Gasteiger partial charge < -0.3 is 15.4 Å². The van der Waals surface area contributed by atoms with Gasteiger partial charge in [-0.3, -0.25) is 20.0 Å². The maximum atomic E-state index is 10.9. The Kier molecular flexibility index (Phi) is 7.35. The first-order valence-electron chi connectivity index (χ1n) is 9.20. The number of aliphatic imine (C=N–C) groups is 1. The zero-order valence-electron chi connectivity index (χ0n) is 15.8. The number of hydrogen-bond donors (Lipinski definition) is 2. The molecule has 2 N–H and O–H groups in total. The molecule has 1 aromatic carbocycles. The third-order valence-corrected chi connectivity index (χ3v) is 5.60. The van der Waals surface area contributed by atoms with Gasteiger partial charge in [0.15, 0.2) is 5.96 Å². The van der Waals surface area contributed by atoms with Crippen molar-refractivity contribution in [3.8, 4) is 0 Å². The molecule has 0 aliphatic carbocycles. The van der Waals surface area contributed by atoms with Crippen LogP contribution in [0.2, 0.25) is 0 Å². The summed E-state index contributed by atoms with van der Waals surface area (Å²) in [7, 11) is 1.72. The van der Waals surface area contributed by atoms with Crippen molar-refractivity contribution in [1.82, 2.24) is 15.5 Å². The van der Waals surface area contributed by atoms with Crippen molar-refractivity contribution in [2.45, 2.75) is 12.6 Å². The second-order valence-corrected chi connectivity index (χ2v) is 7.39. The van der Waals surface area contributed by atoms with E-state index in [-0.39, 0.29) is 16.7 Å². The van der Waals surface area contributed by atoms with Crippen LogP contribution in [0.1, 0.15) is 16.5 Å². The Hall–Kier alpha value is -2.49. The number of guanidine groups is 1. The van der Waals surface area contributed by atoms with E-state index in [9.17, 15) is 10.1 Å². The zero-order chi connectivity index (χ0) is 19.8. The molecule has 1 fully saturated rings. The maximum absolute atomic E-state index is 10.9. The lowest BCUT2D eigenvalue weighted by atomic mass is 10.2. The average Bonchev–Trinajstić information content (AvgIpc) is 3.26. The number of ether oxygens (including phenoxy) is 1. The van der Waals surface area contributed by atoms with E-state index in [4.69, 9.17) is 4.74 Å². The Morgan fingerprint density at radius 2 is 2.14 bits per heavy atom. The number of benzene rings is 1. The summed E-state index contributed by atoms with van der Waals surface area (Å²) in [6.07, 6.45) is 0. The summed E-state index contributed by atoms with van der Waals surface area (Å²) in [5.74, 6) is 0.668. The lowest BCUT2D eigenvalue weighted by Crippen LogP contribution is -2.46. The van der Waals surface area contributed by atoms with Crippen molar-refractivity contribution < 1.29 is 9.66 Å². The number of morpholine rings is 1. The van der Waals surface area contributed by atoms with Crippen LogP contribution >= 0.6 is 11.3 Å². The first kappa shape index (κ1) is 20.2. The van der Waals surface area contributed by atoms with Crippen LogP contribution < -0.4 is 10.6 Å². The monoisotopic (exact) mass is 403 g/mol. The van der Waals surface area contributed by atoms with Crippen LogP contribution in [0.4, 0.5) is 5.69 Å². The topological polar surface area (TPSA) is 92.0 Å². The number of nitro benzene ring substituents is 1. The van der Waals surface area contributed by atoms with Gasteiger partial charge >= 0.3 is 0 Å². The fourth-order valence-corrected chi connectivity index (χ4v) is 4.02. The van der Waals surface area contributed by atoms with Crippen molar-refractivity contribution >= 4 is 23.0 Å². The number of hydrogen-bond acceptors (Lipinski definition) is 6. The lowest BCUT2D eigenvalue weighted by Gasteiger charge is -2.34. The molecule has 1 atom stereocenters. The Morgan fingerprint density at radius 3 is 2.82 bits per heavy atom. The van der Waals surface area contributed by atoms with Crippen LogP contribution in [0.5, 0.6) is 0 Å². The van der Waals surface area contributed by atoms with Gasteiger partial charge in [0.1, 0.15) is 0 Å². The highest BCUT2D eigenvalue weighted by atomic mass is 32.1. The van der Waals surface area contributed by atoms with Gasteiger partial charge in [0, 0.05) is 50.2 Å². The summed E-state index contributed by atoms with van der Waals surface area (Å²) in [6, 6.07) is 11.1. The maximum Gasteiger partial charge on any atom is 0.269 e. The van der Waals surface area contributed by atoms with Crippen LogP contribution in [0.3, 0.4) is 0 Å². The zero-order valence-corrected chi connectivity index (χ0v) is 16.7. The molecule has 150 valence electrons. The van der Waals surface area contributed by atoms with Gasteiger partial charge in [-0.2, -0.15) is 0 Å². The smallest absolute Gasteiger partial charge is 0.269 e. The number of thiophene rings is 1. The number of non-ortho nitro benzene ring substituents is 1. The molecule has 1 aliphatic rings. The second kappa shape index (κ2) is 10.2. The van der Waals surface area contributed by atoms with Gasteiger partial charge in [0.05, 0.1) is 24.2 Å². The molecule has 0 saturated carbocycles. The van der Waals surface area contributed by atoms with Crippen LogP contribution in [-0.2, 0) is 11.3 Å². The Bertz CT molecular complexity index is 791. The minimum absolute atomic E-state index is 0.0901. The van der Waals surface area contributed by atoms with E-state index < -0.39 is 0 Å². The number of nitro groups is 1. The second-order valence-electron chi connectivity index (χ2n) is 6.41. The third kappa shape index (κ3) is 5.51. The molecule has 0 radical (unpaired) electrons. The fourth-order valence-electron chi connectivity index (χ4n) is 3.16. The standard InChI is InChI=1S/C19H25N5O3S/c1-20-19(21-13-15-4-2-5-16(12-15)24(25)26)22-14-17(18-6-3-11-28-18)23-7-9-27-10-8-23/h2-6,11-12,17H,7-10,13-14H2,1H3,(H2,20,21,22). The largest absolute Gasteiger partial charge is 0.379 e. The molecule has 0 spiro atoms. The van der Waals surface area contributed by atoms with Crippen molar-refractivity contribution in [1.29, 1.82) is 0 Å². The SMILES string of the molecule is CN=C(NCc1cccc([N+](=O)[O-])c1)NCC(c1cccs1)N1CCOCC1. The summed E-state index contributed by atoms with van der Waals surface area (Å²) < 4.78 is 5.49. The fraction of sp³-hybridized carbons (Fsp3) is 0.421. The predicted octanol–water partition coefficient (Wildman–Crippen LogP) is 2.39. The summed E-state index contributed by atoms with van der Waals surface area (Å²) in [4.78, 5) is 18.6. The molecule has 0 amide bonds. The summed E-state index contributed by atoms with van der Waals surface area (Å²) >= 11 is 1.75. The molecule has 0 bridgehead atoms. The van der Waals surface area contributed by atoms with E-state index in [2.05, 4.69) is 38.0 Å². The molecular formula is C19H25N5O3S. The van der Waals surface area contributed by atoms with Crippen LogP contribution in [0, 0.1) is 10.1 Å². The molecule has 1 aromatic heterocycles. The highest BCUT2D eigenvalue weighted by Gasteiger charge is 2.23. The Morgan fingerprint density at radius 1 is 1.32 bits per heavy atom. The highest BCUT2D eigenvalue weighted by molar-refractivity contribution is 7.10. The molecule has 2 heterocycles. The number of rotatable bonds is 7. The third-order valence-electron chi connectivity index (χ3n) is 4.63. The van der Waals surface area contributed by atoms with Crippen LogP contribution in [-0.4, -0.2) is 55.7 Å². The molecule has 28 heavy (non-hydrogen) atoms. The summed E-state index contributed by atoms with van der Waals surface area (Å²) in [5.41, 5.74) is 0.924. The van der Waals surface area contributed by atoms with E-state index in [1.807, 2.05) is 6.07 Å². The van der Waals surface area contributed by atoms with Gasteiger partial charge in [-0.15, -0.1) is 11.3 Å². The summed E-state index contributed by atoms with van der Waals surface area (Å²) in [6.45, 7) is 4.49. The number of nitrogens with one attached hydrogen (secondary N) is 2. The number of nitrogens with zero attached hydrogens (tertiary/aromatic N) is 3. The van der Waals surface area contributed by atoms with Gasteiger partial charge in [-0.05, 0) is 17.0 Å². The van der Waals surface area contributed by atoms with E-state index in [1.54, 1.807) is 30.5 Å². The molecule has 1 aliphatic heterocycles. The van der Waals surface area contributed by atoms with Crippen molar-refractivity contribution in [3.05, 3.63) is 62.3 Å². The van der Waals surface area contributed by atoms with Gasteiger partial charge in [-0.1, -0.05) is 18.2 Å². The molecule has 2 aromatic rings. The first-order valence-corrected chi connectivity index (χ1v) is 10.1. The molecule has 3 rings (SSSR count).